The predicted octanol–water partition coefficient (Wildman–Crippen LogP) is 5.05. The number of thioether (sulfide) groups is 1. The minimum Gasteiger partial charge on any atom is -0.333 e. The number of halogens is 3. The van der Waals surface area contributed by atoms with Crippen LogP contribution in [0.25, 0.3) is 0 Å². The Morgan fingerprint density at radius 3 is 2.65 bits per heavy atom. The second-order valence-electron chi connectivity index (χ2n) is 3.68. The minimum atomic E-state index is 0.399. The molecule has 1 N–H and O–H groups in total. The SMILES string of the molecule is CCC1CSC(Nc2c(Cl)cc(Br)cc2Cl)=N1. The molecule has 0 amide bonds. The zero-order chi connectivity index (χ0) is 12.4. The van der Waals surface area contributed by atoms with Crippen molar-refractivity contribution in [3.63, 3.8) is 0 Å². The predicted molar refractivity (Wildman–Crippen MR) is 81.8 cm³/mol. The van der Waals surface area contributed by atoms with E-state index in [0.29, 0.717) is 16.1 Å². The Morgan fingerprint density at radius 1 is 1.47 bits per heavy atom. The van der Waals surface area contributed by atoms with Gasteiger partial charge in [0.2, 0.25) is 0 Å². The van der Waals surface area contributed by atoms with Crippen molar-refractivity contribution in [2.24, 2.45) is 4.99 Å². The van der Waals surface area contributed by atoms with Gasteiger partial charge in [-0.2, -0.15) is 0 Å². The molecule has 0 saturated carbocycles. The zero-order valence-electron chi connectivity index (χ0n) is 9.14. The molecule has 1 unspecified atom stereocenters. The summed E-state index contributed by atoms with van der Waals surface area (Å²) >= 11 is 17.3. The van der Waals surface area contributed by atoms with E-state index < -0.39 is 0 Å². The fourth-order valence-electron chi connectivity index (χ4n) is 1.46. The highest BCUT2D eigenvalue weighted by Gasteiger charge is 2.18. The zero-order valence-corrected chi connectivity index (χ0v) is 13.0. The van der Waals surface area contributed by atoms with E-state index >= 15 is 0 Å². The van der Waals surface area contributed by atoms with Gasteiger partial charge in [0, 0.05) is 10.2 Å². The molecule has 1 aliphatic heterocycles. The van der Waals surface area contributed by atoms with Gasteiger partial charge in [-0.05, 0) is 18.6 Å². The Labute approximate surface area is 123 Å². The van der Waals surface area contributed by atoms with Crippen molar-refractivity contribution in [2.45, 2.75) is 19.4 Å². The van der Waals surface area contributed by atoms with Crippen molar-refractivity contribution in [1.29, 1.82) is 0 Å². The van der Waals surface area contributed by atoms with Crippen LogP contribution in [0.2, 0.25) is 10.0 Å². The molecule has 1 heterocycles. The largest absolute Gasteiger partial charge is 0.333 e. The molecule has 0 aliphatic carbocycles. The number of hydrogen-bond acceptors (Lipinski definition) is 3. The Balaban J connectivity index is 2.20. The lowest BCUT2D eigenvalue weighted by molar-refractivity contribution is 0.738. The lowest BCUT2D eigenvalue weighted by atomic mass is 10.3. The summed E-state index contributed by atoms with van der Waals surface area (Å²) in [6.45, 7) is 2.14. The van der Waals surface area contributed by atoms with Crippen molar-refractivity contribution in [3.05, 3.63) is 26.7 Å². The van der Waals surface area contributed by atoms with Gasteiger partial charge >= 0.3 is 0 Å². The van der Waals surface area contributed by atoms with E-state index in [1.165, 1.54) is 0 Å². The van der Waals surface area contributed by atoms with Gasteiger partial charge in [0.15, 0.2) is 5.17 Å². The summed E-state index contributed by atoms with van der Waals surface area (Å²) in [6, 6.07) is 4.02. The third-order valence-electron chi connectivity index (χ3n) is 2.42. The molecule has 0 bridgehead atoms. The molecule has 0 spiro atoms. The summed E-state index contributed by atoms with van der Waals surface area (Å²) in [6.07, 6.45) is 1.06. The molecular weight excluding hydrogens is 343 g/mol. The van der Waals surface area contributed by atoms with Crippen molar-refractivity contribution >= 4 is 61.7 Å². The van der Waals surface area contributed by atoms with Crippen LogP contribution in [0.1, 0.15) is 13.3 Å². The lowest BCUT2D eigenvalue weighted by Crippen LogP contribution is -2.06. The van der Waals surface area contributed by atoms with E-state index in [4.69, 9.17) is 23.2 Å². The number of amidine groups is 1. The van der Waals surface area contributed by atoms with Gasteiger partial charge in [0.1, 0.15) is 0 Å². The number of nitrogens with zero attached hydrogens (tertiary/aromatic N) is 1. The van der Waals surface area contributed by atoms with Crippen LogP contribution in [0.5, 0.6) is 0 Å². The highest BCUT2D eigenvalue weighted by atomic mass is 79.9. The van der Waals surface area contributed by atoms with Crippen LogP contribution in [0.4, 0.5) is 5.69 Å². The van der Waals surface area contributed by atoms with Crippen LogP contribution < -0.4 is 5.32 Å². The second-order valence-corrected chi connectivity index (χ2v) is 6.42. The molecule has 92 valence electrons. The number of hydrogen-bond donors (Lipinski definition) is 1. The average molecular weight is 354 g/mol. The fourth-order valence-corrected chi connectivity index (χ4v) is 3.82. The lowest BCUT2D eigenvalue weighted by Gasteiger charge is -2.09. The maximum absolute atomic E-state index is 6.14. The first-order chi connectivity index (χ1) is 8.10. The van der Waals surface area contributed by atoms with Crippen molar-refractivity contribution in [2.75, 3.05) is 11.1 Å². The molecule has 0 fully saturated rings. The van der Waals surface area contributed by atoms with Crippen LogP contribution in [0, 0.1) is 0 Å². The van der Waals surface area contributed by atoms with Gasteiger partial charge in [-0.1, -0.05) is 57.8 Å². The smallest absolute Gasteiger partial charge is 0.161 e. The number of benzene rings is 1. The second kappa shape index (κ2) is 5.83. The summed E-state index contributed by atoms with van der Waals surface area (Å²) in [7, 11) is 0. The third kappa shape index (κ3) is 3.31. The summed E-state index contributed by atoms with van der Waals surface area (Å²) < 4.78 is 0.866. The number of rotatable bonds is 2. The molecule has 1 aliphatic rings. The third-order valence-corrected chi connectivity index (χ3v) is 4.51. The van der Waals surface area contributed by atoms with Gasteiger partial charge in [-0.25, -0.2) is 0 Å². The molecule has 1 aromatic carbocycles. The summed E-state index contributed by atoms with van der Waals surface area (Å²) in [4.78, 5) is 4.55. The molecule has 2 nitrogen and oxygen atoms in total. The van der Waals surface area contributed by atoms with Gasteiger partial charge < -0.3 is 5.32 Å². The monoisotopic (exact) mass is 352 g/mol. The van der Waals surface area contributed by atoms with Crippen LogP contribution in [0.15, 0.2) is 21.6 Å². The Kier molecular flexibility index (Phi) is 4.64. The maximum Gasteiger partial charge on any atom is 0.161 e. The Morgan fingerprint density at radius 2 is 2.12 bits per heavy atom. The first-order valence-electron chi connectivity index (χ1n) is 5.22. The maximum atomic E-state index is 6.14. The number of aliphatic imine (C=N–C) groups is 1. The molecule has 0 aromatic heterocycles. The molecular formula is C11H11BrCl2N2S. The molecule has 0 saturated heterocycles. The molecule has 0 radical (unpaired) electrons. The molecule has 17 heavy (non-hydrogen) atoms. The average Bonchev–Trinajstić information content (AvgIpc) is 2.71. The summed E-state index contributed by atoms with van der Waals surface area (Å²) in [5.74, 6) is 1.02. The Hall–Kier alpha value is 0.1000. The fraction of sp³-hybridized carbons (Fsp3) is 0.364. The minimum absolute atomic E-state index is 0.399. The van der Waals surface area contributed by atoms with E-state index in [-0.39, 0.29) is 0 Å². The van der Waals surface area contributed by atoms with Crippen molar-refractivity contribution < 1.29 is 0 Å². The molecule has 1 aromatic rings. The van der Waals surface area contributed by atoms with Crippen LogP contribution in [-0.4, -0.2) is 17.0 Å². The first-order valence-corrected chi connectivity index (χ1v) is 7.75. The van der Waals surface area contributed by atoms with Gasteiger partial charge in [-0.3, -0.25) is 4.99 Å². The van der Waals surface area contributed by atoms with Crippen LogP contribution >= 0.6 is 50.9 Å². The highest BCUT2D eigenvalue weighted by Crippen LogP contribution is 2.35. The van der Waals surface area contributed by atoms with Gasteiger partial charge in [0.25, 0.3) is 0 Å². The van der Waals surface area contributed by atoms with E-state index in [0.717, 1.165) is 27.5 Å². The van der Waals surface area contributed by atoms with Crippen molar-refractivity contribution in [3.8, 4) is 0 Å². The van der Waals surface area contributed by atoms with E-state index in [1.54, 1.807) is 11.8 Å². The highest BCUT2D eigenvalue weighted by molar-refractivity contribution is 9.10. The standard InChI is InChI=1S/C11H11BrCl2N2S/c1-2-7-5-17-11(15-7)16-10-8(13)3-6(12)4-9(10)14/h3-4,7H,2,5H2,1H3,(H,15,16). The van der Waals surface area contributed by atoms with E-state index in [1.807, 2.05) is 12.1 Å². The summed E-state index contributed by atoms with van der Waals surface area (Å²) in [5.41, 5.74) is 0.722. The number of nitrogens with one attached hydrogen (secondary N) is 1. The first kappa shape index (κ1) is 13.5. The molecule has 6 heteroatoms. The Bertz CT molecular complexity index is 442. The van der Waals surface area contributed by atoms with E-state index in [9.17, 15) is 0 Å². The van der Waals surface area contributed by atoms with Crippen LogP contribution in [0.3, 0.4) is 0 Å². The van der Waals surface area contributed by atoms with Crippen molar-refractivity contribution in [1.82, 2.24) is 0 Å². The van der Waals surface area contributed by atoms with Gasteiger partial charge in [0.05, 0.1) is 21.8 Å². The summed E-state index contributed by atoms with van der Waals surface area (Å²) in [5, 5.41) is 5.27. The van der Waals surface area contributed by atoms with Crippen LogP contribution in [-0.2, 0) is 0 Å². The normalized spacial score (nSPS) is 19.3. The van der Waals surface area contributed by atoms with E-state index in [2.05, 4.69) is 33.2 Å². The van der Waals surface area contributed by atoms with Gasteiger partial charge in [-0.15, -0.1) is 0 Å². The molecule has 1 atom stereocenters. The number of anilines is 1. The molecule has 2 rings (SSSR count). The quantitative estimate of drug-likeness (QED) is 0.804. The topological polar surface area (TPSA) is 24.4 Å².